The fourth-order valence-electron chi connectivity index (χ4n) is 1.14. The molecule has 0 radical (unpaired) electrons. The number of benzene rings is 1. The molecule has 19 heavy (non-hydrogen) atoms. The van der Waals surface area contributed by atoms with Crippen LogP contribution in [0.4, 0.5) is 13.6 Å². The van der Waals surface area contributed by atoms with Crippen molar-refractivity contribution in [2.24, 2.45) is 0 Å². The van der Waals surface area contributed by atoms with Crippen LogP contribution in [0.3, 0.4) is 0 Å². The summed E-state index contributed by atoms with van der Waals surface area (Å²) in [5.41, 5.74) is 0.0700. The molecule has 1 aromatic rings. The highest BCUT2D eigenvalue weighted by molar-refractivity contribution is 5.84. The molecule has 0 saturated heterocycles. The highest BCUT2D eigenvalue weighted by atomic mass is 19.2. The van der Waals surface area contributed by atoms with Crippen molar-refractivity contribution >= 4 is 12.4 Å². The first-order valence-corrected chi connectivity index (χ1v) is 5.08. The fraction of sp³-hybridized carbons (Fsp3) is 0.167. The van der Waals surface area contributed by atoms with Gasteiger partial charge in [0.05, 0.1) is 6.54 Å². The van der Waals surface area contributed by atoms with Gasteiger partial charge in [0.2, 0.25) is 6.41 Å². The van der Waals surface area contributed by atoms with Crippen LogP contribution in [-0.2, 0) is 4.79 Å². The van der Waals surface area contributed by atoms with Crippen molar-refractivity contribution in [2.45, 2.75) is 0 Å². The van der Waals surface area contributed by atoms with Gasteiger partial charge in [0.25, 0.3) is 0 Å². The fourth-order valence-corrected chi connectivity index (χ4v) is 1.14. The molecule has 0 unspecified atom stereocenters. The zero-order valence-electron chi connectivity index (χ0n) is 9.91. The van der Waals surface area contributed by atoms with Crippen LogP contribution < -0.4 is 5.32 Å². The Morgan fingerprint density at radius 1 is 1.53 bits per heavy atom. The third-order valence-corrected chi connectivity index (χ3v) is 2.09. The normalized spacial score (nSPS) is 9.21. The van der Waals surface area contributed by atoms with E-state index in [4.69, 9.17) is 5.11 Å². The van der Waals surface area contributed by atoms with E-state index >= 15 is 0 Å². The topological polar surface area (TPSA) is 69.6 Å². The number of hydrogen-bond acceptors (Lipinski definition) is 3. The number of hydrogen-bond donors (Lipinski definition) is 2. The summed E-state index contributed by atoms with van der Waals surface area (Å²) in [5, 5.41) is 11.0. The summed E-state index contributed by atoms with van der Waals surface area (Å²) < 4.78 is 25.7. The van der Waals surface area contributed by atoms with E-state index in [9.17, 15) is 18.4 Å². The van der Waals surface area contributed by atoms with Gasteiger partial charge in [-0.3, -0.25) is 10.1 Å². The van der Waals surface area contributed by atoms with Gasteiger partial charge in [-0.2, -0.15) is 4.39 Å². The molecule has 1 rings (SSSR count). The Morgan fingerprint density at radius 2 is 2.21 bits per heavy atom. The Balaban J connectivity index is 2.74. The van der Waals surface area contributed by atoms with Crippen LogP contribution in [0.5, 0.6) is 5.75 Å². The number of phenols is 1. The zero-order chi connectivity index (χ0) is 14.4. The van der Waals surface area contributed by atoms with E-state index < -0.39 is 23.4 Å². The van der Waals surface area contributed by atoms with Crippen molar-refractivity contribution in [1.29, 1.82) is 0 Å². The van der Waals surface area contributed by atoms with E-state index in [0.717, 1.165) is 17.0 Å². The first-order chi connectivity index (χ1) is 8.95. The maximum atomic E-state index is 12.9. The lowest BCUT2D eigenvalue weighted by Gasteiger charge is -2.11. The standard InChI is InChI=1S/C12H10F2N2O3/c1-16(12(19)15-7-17)4-2-3-8-5-9(13)11(14)10(18)6-8/h5-7,18H,4H2,1H3,(H,15,17,19). The summed E-state index contributed by atoms with van der Waals surface area (Å²) in [6.45, 7) is -0.0283. The molecule has 0 aromatic heterocycles. The van der Waals surface area contributed by atoms with Crippen LogP contribution in [0, 0.1) is 23.5 Å². The molecule has 0 spiro atoms. The van der Waals surface area contributed by atoms with Gasteiger partial charge in [-0.1, -0.05) is 11.8 Å². The largest absolute Gasteiger partial charge is 0.505 e. The maximum absolute atomic E-state index is 12.9. The van der Waals surface area contributed by atoms with Crippen LogP contribution >= 0.6 is 0 Å². The molecule has 5 nitrogen and oxygen atoms in total. The quantitative estimate of drug-likeness (QED) is 0.616. The van der Waals surface area contributed by atoms with Gasteiger partial charge in [-0.25, -0.2) is 9.18 Å². The second-order valence-electron chi connectivity index (χ2n) is 3.52. The van der Waals surface area contributed by atoms with Crippen molar-refractivity contribution in [3.8, 4) is 17.6 Å². The van der Waals surface area contributed by atoms with Gasteiger partial charge < -0.3 is 10.0 Å². The van der Waals surface area contributed by atoms with Crippen LogP contribution in [0.25, 0.3) is 0 Å². The molecule has 0 aliphatic carbocycles. The molecule has 100 valence electrons. The van der Waals surface area contributed by atoms with E-state index in [-0.39, 0.29) is 18.5 Å². The van der Waals surface area contributed by atoms with E-state index in [1.807, 2.05) is 5.32 Å². The Bertz CT molecular complexity index is 541. The summed E-state index contributed by atoms with van der Waals surface area (Å²) in [6, 6.07) is 1.15. The van der Waals surface area contributed by atoms with Gasteiger partial charge in [0, 0.05) is 12.6 Å². The third kappa shape index (κ3) is 3.96. The number of phenolic OH excluding ortho intramolecular Hbond substituents is 1. The van der Waals surface area contributed by atoms with Gasteiger partial charge in [-0.15, -0.1) is 0 Å². The Kier molecular flexibility index (Phi) is 4.83. The SMILES string of the molecule is CN(CC#Cc1cc(O)c(F)c(F)c1)C(=O)NC=O. The van der Waals surface area contributed by atoms with Crippen molar-refractivity contribution in [3.05, 3.63) is 29.3 Å². The average Bonchev–Trinajstić information content (AvgIpc) is 2.36. The molecule has 7 heteroatoms. The summed E-state index contributed by atoms with van der Waals surface area (Å²) in [4.78, 5) is 22.2. The molecule has 0 aliphatic heterocycles. The second-order valence-corrected chi connectivity index (χ2v) is 3.52. The molecular formula is C12H10F2N2O3. The number of carbonyl (C=O) groups excluding carboxylic acids is 2. The van der Waals surface area contributed by atoms with Gasteiger partial charge in [-0.05, 0) is 12.1 Å². The number of rotatable bonds is 2. The van der Waals surface area contributed by atoms with Crippen LogP contribution in [0.1, 0.15) is 5.56 Å². The molecule has 0 heterocycles. The number of amides is 3. The maximum Gasteiger partial charge on any atom is 0.324 e. The summed E-state index contributed by atoms with van der Waals surface area (Å²) in [5.74, 6) is 1.58. The molecule has 0 aliphatic rings. The number of aromatic hydroxyl groups is 1. The first-order valence-electron chi connectivity index (χ1n) is 5.08. The lowest BCUT2D eigenvalue weighted by atomic mass is 10.2. The molecule has 0 fully saturated rings. The van der Waals surface area contributed by atoms with E-state index in [1.165, 1.54) is 7.05 Å². The van der Waals surface area contributed by atoms with Crippen LogP contribution in [0.15, 0.2) is 12.1 Å². The predicted octanol–water partition coefficient (Wildman–Crippen LogP) is 0.820. The van der Waals surface area contributed by atoms with Crippen LogP contribution in [-0.4, -0.2) is 36.0 Å². The second kappa shape index (κ2) is 6.35. The minimum absolute atomic E-state index is 0.0283. The molecule has 1 aromatic carbocycles. The van der Waals surface area contributed by atoms with Gasteiger partial charge in [0.15, 0.2) is 17.4 Å². The van der Waals surface area contributed by atoms with Gasteiger partial charge >= 0.3 is 6.03 Å². The average molecular weight is 268 g/mol. The predicted molar refractivity (Wildman–Crippen MR) is 62.1 cm³/mol. The van der Waals surface area contributed by atoms with E-state index in [0.29, 0.717) is 0 Å². The highest BCUT2D eigenvalue weighted by Crippen LogP contribution is 2.19. The zero-order valence-corrected chi connectivity index (χ0v) is 9.91. The minimum Gasteiger partial charge on any atom is -0.505 e. The van der Waals surface area contributed by atoms with Crippen molar-refractivity contribution in [2.75, 3.05) is 13.6 Å². The molecule has 0 saturated carbocycles. The Labute approximate surface area is 107 Å². The van der Waals surface area contributed by atoms with Crippen molar-refractivity contribution in [1.82, 2.24) is 10.2 Å². The van der Waals surface area contributed by atoms with Gasteiger partial charge in [0.1, 0.15) is 0 Å². The molecule has 0 atom stereocenters. The smallest absolute Gasteiger partial charge is 0.324 e. The highest BCUT2D eigenvalue weighted by Gasteiger charge is 2.08. The van der Waals surface area contributed by atoms with E-state index in [1.54, 1.807) is 0 Å². The number of urea groups is 1. The van der Waals surface area contributed by atoms with Crippen molar-refractivity contribution in [3.63, 3.8) is 0 Å². The molecule has 0 bridgehead atoms. The first kappa shape index (κ1) is 14.4. The summed E-state index contributed by atoms with van der Waals surface area (Å²) >= 11 is 0. The van der Waals surface area contributed by atoms with Crippen LogP contribution in [0.2, 0.25) is 0 Å². The lowest BCUT2D eigenvalue weighted by molar-refractivity contribution is -0.108. The number of nitrogens with zero attached hydrogens (tertiary/aromatic N) is 1. The minimum atomic E-state index is -1.34. The number of carbonyl (C=O) groups is 2. The monoisotopic (exact) mass is 268 g/mol. The summed E-state index contributed by atoms with van der Waals surface area (Å²) in [6.07, 6.45) is 0.236. The Morgan fingerprint density at radius 3 is 2.79 bits per heavy atom. The molecule has 3 amide bonds. The molecule has 2 N–H and O–H groups in total. The number of halogens is 2. The molecular weight excluding hydrogens is 258 g/mol. The number of nitrogens with one attached hydrogen (secondary N) is 1. The Hall–Kier alpha value is -2.62. The number of imide groups is 1. The van der Waals surface area contributed by atoms with Crippen molar-refractivity contribution < 1.29 is 23.5 Å². The summed E-state index contributed by atoms with van der Waals surface area (Å²) in [7, 11) is 1.40. The third-order valence-electron chi connectivity index (χ3n) is 2.09. The lowest BCUT2D eigenvalue weighted by Crippen LogP contribution is -2.36. The van der Waals surface area contributed by atoms with E-state index in [2.05, 4.69) is 11.8 Å².